The van der Waals surface area contributed by atoms with E-state index in [9.17, 15) is 0 Å². The Balaban J connectivity index is 1.95. The number of aromatic nitrogens is 5. The molecule has 0 aromatic carbocycles. The fraction of sp³-hybridized carbons (Fsp3) is 0. The molecule has 3 rings (SSSR count). The van der Waals surface area contributed by atoms with Crippen LogP contribution in [0.25, 0.3) is 22.6 Å². The zero-order valence-electron chi connectivity index (χ0n) is 9.43. The lowest BCUT2D eigenvalue weighted by atomic mass is 10.2. The van der Waals surface area contributed by atoms with Crippen molar-refractivity contribution >= 4 is 0 Å². The zero-order chi connectivity index (χ0) is 12.2. The molecule has 86 valence electrons. The molecule has 0 bridgehead atoms. The summed E-state index contributed by atoms with van der Waals surface area (Å²) in [6.07, 6.45) is 8.55. The maximum absolute atomic E-state index is 4.30. The van der Waals surface area contributed by atoms with Crippen molar-refractivity contribution in [2.75, 3.05) is 0 Å². The quantitative estimate of drug-likeness (QED) is 0.679. The highest BCUT2D eigenvalue weighted by Gasteiger charge is 2.03. The predicted octanol–water partition coefficient (Wildman–Crippen LogP) is 2.00. The average Bonchev–Trinajstić information content (AvgIpc) is 2.49. The van der Waals surface area contributed by atoms with Gasteiger partial charge in [-0.1, -0.05) is 0 Å². The van der Waals surface area contributed by atoms with Crippen LogP contribution in [0.1, 0.15) is 0 Å². The van der Waals surface area contributed by atoms with Gasteiger partial charge in [-0.15, -0.1) is 10.2 Å². The Morgan fingerprint density at radius 3 is 1.83 bits per heavy atom. The predicted molar refractivity (Wildman–Crippen MR) is 66.3 cm³/mol. The van der Waals surface area contributed by atoms with E-state index in [2.05, 4.69) is 25.1 Å². The van der Waals surface area contributed by atoms with E-state index >= 15 is 0 Å². The number of hydrogen-bond acceptors (Lipinski definition) is 5. The Kier molecular flexibility index (Phi) is 2.71. The Morgan fingerprint density at radius 2 is 1.28 bits per heavy atom. The summed E-state index contributed by atoms with van der Waals surface area (Å²) in [5.74, 6) is 0.593. The Labute approximate surface area is 104 Å². The van der Waals surface area contributed by atoms with Crippen molar-refractivity contribution in [3.05, 3.63) is 55.2 Å². The van der Waals surface area contributed by atoms with Crippen LogP contribution in [0, 0.1) is 0 Å². The summed E-state index contributed by atoms with van der Waals surface area (Å²) in [6.45, 7) is 0. The molecule has 0 fully saturated rings. The van der Waals surface area contributed by atoms with Gasteiger partial charge in [-0.2, -0.15) is 0 Å². The van der Waals surface area contributed by atoms with Crippen molar-refractivity contribution in [3.8, 4) is 22.6 Å². The molecule has 3 aromatic rings. The monoisotopic (exact) mass is 235 g/mol. The van der Waals surface area contributed by atoms with Crippen molar-refractivity contribution in [1.29, 1.82) is 0 Å². The molecule has 0 radical (unpaired) electrons. The van der Waals surface area contributed by atoms with E-state index < -0.39 is 0 Å². The van der Waals surface area contributed by atoms with Crippen LogP contribution < -0.4 is 0 Å². The molecule has 0 saturated heterocycles. The Bertz CT molecular complexity index is 564. The molecule has 5 heteroatoms. The maximum atomic E-state index is 4.30. The Morgan fingerprint density at radius 1 is 0.667 bits per heavy atom. The number of rotatable bonds is 2. The van der Waals surface area contributed by atoms with Gasteiger partial charge in [0.25, 0.3) is 0 Å². The number of pyridine rings is 2. The van der Waals surface area contributed by atoms with Crippen molar-refractivity contribution in [3.63, 3.8) is 0 Å². The molecule has 0 unspecified atom stereocenters. The Hall–Kier alpha value is -2.69. The summed E-state index contributed by atoms with van der Waals surface area (Å²) in [5.41, 5.74) is 2.58. The van der Waals surface area contributed by atoms with Gasteiger partial charge in [-0.3, -0.25) is 9.97 Å². The normalized spacial score (nSPS) is 10.2. The number of nitrogens with zero attached hydrogens (tertiary/aromatic N) is 5. The van der Waals surface area contributed by atoms with Crippen molar-refractivity contribution in [1.82, 2.24) is 25.1 Å². The van der Waals surface area contributed by atoms with Crippen LogP contribution in [-0.4, -0.2) is 25.1 Å². The highest BCUT2D eigenvalue weighted by Crippen LogP contribution is 2.16. The molecule has 0 aliphatic rings. The molecule has 3 aromatic heterocycles. The van der Waals surface area contributed by atoms with Gasteiger partial charge in [-0.25, -0.2) is 4.98 Å². The molecule has 5 nitrogen and oxygen atoms in total. The summed E-state index contributed by atoms with van der Waals surface area (Å²) in [7, 11) is 0. The SMILES string of the molecule is c1cc(-c2cnc(-c3ccncc3)nn2)ccn1. The van der Waals surface area contributed by atoms with Gasteiger partial charge in [0.05, 0.1) is 6.20 Å². The van der Waals surface area contributed by atoms with Crippen LogP contribution in [-0.2, 0) is 0 Å². The highest BCUT2D eigenvalue weighted by atomic mass is 15.2. The lowest BCUT2D eigenvalue weighted by Gasteiger charge is -2.00. The molecular formula is C13H9N5. The van der Waals surface area contributed by atoms with Crippen molar-refractivity contribution < 1.29 is 0 Å². The minimum Gasteiger partial charge on any atom is -0.265 e. The summed E-state index contributed by atoms with van der Waals surface area (Å²) >= 11 is 0. The minimum absolute atomic E-state index is 0.593. The molecule has 0 spiro atoms. The van der Waals surface area contributed by atoms with Gasteiger partial charge in [0, 0.05) is 35.9 Å². The molecule has 0 saturated carbocycles. The first-order valence-electron chi connectivity index (χ1n) is 5.44. The van der Waals surface area contributed by atoms with Gasteiger partial charge >= 0.3 is 0 Å². The largest absolute Gasteiger partial charge is 0.265 e. The van der Waals surface area contributed by atoms with Gasteiger partial charge in [0.15, 0.2) is 5.82 Å². The highest BCUT2D eigenvalue weighted by molar-refractivity contribution is 5.58. The van der Waals surface area contributed by atoms with Crippen LogP contribution in [0.2, 0.25) is 0 Å². The van der Waals surface area contributed by atoms with E-state index in [4.69, 9.17) is 0 Å². The molecule has 0 atom stereocenters. The van der Waals surface area contributed by atoms with Crippen LogP contribution in [0.3, 0.4) is 0 Å². The fourth-order valence-corrected chi connectivity index (χ4v) is 1.56. The van der Waals surface area contributed by atoms with Crippen molar-refractivity contribution in [2.45, 2.75) is 0 Å². The fourth-order valence-electron chi connectivity index (χ4n) is 1.56. The smallest absolute Gasteiger partial charge is 0.181 e. The van der Waals surface area contributed by atoms with Gasteiger partial charge in [0.2, 0.25) is 0 Å². The molecule has 0 aliphatic heterocycles. The van der Waals surface area contributed by atoms with Gasteiger partial charge in [-0.05, 0) is 24.3 Å². The second-order valence-corrected chi connectivity index (χ2v) is 3.64. The first-order chi connectivity index (χ1) is 8.93. The average molecular weight is 235 g/mol. The van der Waals surface area contributed by atoms with Crippen LogP contribution in [0.15, 0.2) is 55.2 Å². The lowest BCUT2D eigenvalue weighted by Crippen LogP contribution is -1.94. The summed E-state index contributed by atoms with van der Waals surface area (Å²) in [4.78, 5) is 12.2. The molecule has 0 amide bonds. The van der Waals surface area contributed by atoms with E-state index in [-0.39, 0.29) is 0 Å². The summed E-state index contributed by atoms with van der Waals surface area (Å²) < 4.78 is 0. The molecule has 0 aliphatic carbocycles. The maximum Gasteiger partial charge on any atom is 0.181 e. The molecule has 0 N–H and O–H groups in total. The number of hydrogen-bond donors (Lipinski definition) is 0. The van der Waals surface area contributed by atoms with Crippen LogP contribution in [0.4, 0.5) is 0 Å². The second kappa shape index (κ2) is 4.67. The van der Waals surface area contributed by atoms with Crippen LogP contribution >= 0.6 is 0 Å². The van der Waals surface area contributed by atoms with Gasteiger partial charge < -0.3 is 0 Å². The standard InChI is InChI=1S/C13H9N5/c1-5-14-6-2-10(1)12-9-16-13(18-17-12)11-3-7-15-8-4-11/h1-9H. The third kappa shape index (κ3) is 2.06. The third-order valence-electron chi connectivity index (χ3n) is 2.48. The molecule has 18 heavy (non-hydrogen) atoms. The van der Waals surface area contributed by atoms with E-state index in [0.29, 0.717) is 5.82 Å². The first kappa shape index (κ1) is 10.5. The van der Waals surface area contributed by atoms with Crippen LogP contribution in [0.5, 0.6) is 0 Å². The summed E-state index contributed by atoms with van der Waals surface area (Å²) in [5, 5.41) is 8.28. The topological polar surface area (TPSA) is 64.5 Å². The third-order valence-corrected chi connectivity index (χ3v) is 2.48. The van der Waals surface area contributed by atoms with Gasteiger partial charge in [0.1, 0.15) is 5.69 Å². The first-order valence-corrected chi connectivity index (χ1v) is 5.44. The minimum atomic E-state index is 0.593. The lowest BCUT2D eigenvalue weighted by molar-refractivity contribution is 0.985. The van der Waals surface area contributed by atoms with E-state index in [1.54, 1.807) is 31.0 Å². The van der Waals surface area contributed by atoms with Crippen molar-refractivity contribution in [2.24, 2.45) is 0 Å². The summed E-state index contributed by atoms with van der Waals surface area (Å²) in [6, 6.07) is 7.45. The van der Waals surface area contributed by atoms with E-state index in [1.807, 2.05) is 24.3 Å². The zero-order valence-corrected chi connectivity index (χ0v) is 9.43. The second-order valence-electron chi connectivity index (χ2n) is 3.64. The van der Waals surface area contributed by atoms with E-state index in [0.717, 1.165) is 16.8 Å². The molecule has 3 heterocycles. The molecular weight excluding hydrogens is 226 g/mol. The van der Waals surface area contributed by atoms with E-state index in [1.165, 1.54) is 0 Å².